The number of halogens is 2. The fourth-order valence-corrected chi connectivity index (χ4v) is 1.85. The molecule has 0 unspecified atom stereocenters. The molecular formula is C10H8F2N4OS. The van der Waals surface area contributed by atoms with Crippen LogP contribution in [0, 0.1) is 11.6 Å². The van der Waals surface area contributed by atoms with Crippen molar-refractivity contribution < 1.29 is 13.6 Å². The van der Waals surface area contributed by atoms with Crippen LogP contribution in [-0.4, -0.2) is 23.0 Å². The van der Waals surface area contributed by atoms with Crippen LogP contribution in [0.5, 0.6) is 0 Å². The molecule has 1 aromatic rings. The number of anilines is 1. The summed E-state index contributed by atoms with van der Waals surface area (Å²) >= 11 is 1.21. The van der Waals surface area contributed by atoms with Gasteiger partial charge in [-0.15, -0.1) is 5.10 Å². The number of carbonyl (C=O) groups is 1. The van der Waals surface area contributed by atoms with Crippen LogP contribution in [0.4, 0.5) is 14.5 Å². The number of nitrogens with zero attached hydrogens (tertiary/aromatic N) is 2. The molecule has 1 saturated heterocycles. The van der Waals surface area contributed by atoms with Crippen molar-refractivity contribution in [1.29, 1.82) is 0 Å². The second kappa shape index (κ2) is 5.13. The molecule has 94 valence electrons. The normalized spacial score (nSPS) is 17.7. The van der Waals surface area contributed by atoms with Gasteiger partial charge in [-0.1, -0.05) is 11.8 Å². The van der Waals surface area contributed by atoms with E-state index in [0.29, 0.717) is 10.9 Å². The summed E-state index contributed by atoms with van der Waals surface area (Å²) in [7, 11) is 0. The molecule has 1 aliphatic heterocycles. The molecule has 0 spiro atoms. The van der Waals surface area contributed by atoms with Crippen molar-refractivity contribution in [2.24, 2.45) is 10.2 Å². The van der Waals surface area contributed by atoms with E-state index in [-0.39, 0.29) is 17.2 Å². The van der Waals surface area contributed by atoms with Gasteiger partial charge in [-0.2, -0.15) is 5.10 Å². The average Bonchev–Trinajstić information content (AvgIpc) is 2.75. The topological polar surface area (TPSA) is 79.8 Å². The molecule has 1 aliphatic rings. The third kappa shape index (κ3) is 2.65. The number of hydrogen-bond acceptors (Lipinski definition) is 5. The largest absolute Gasteiger partial charge is 0.396 e. The maximum absolute atomic E-state index is 13.1. The quantitative estimate of drug-likeness (QED) is 0.480. The molecule has 18 heavy (non-hydrogen) atoms. The second-order valence-electron chi connectivity index (χ2n) is 3.35. The van der Waals surface area contributed by atoms with E-state index >= 15 is 0 Å². The van der Waals surface area contributed by atoms with Crippen molar-refractivity contribution in [3.05, 3.63) is 29.3 Å². The van der Waals surface area contributed by atoms with Crippen LogP contribution < -0.4 is 11.1 Å². The molecule has 3 N–H and O–H groups in total. The summed E-state index contributed by atoms with van der Waals surface area (Å²) in [6, 6.07) is 2.24. The SMILES string of the molecule is Nc1c(C=NN=C2NC(=O)CS2)ccc(F)c1F. The van der Waals surface area contributed by atoms with Gasteiger partial charge >= 0.3 is 0 Å². The molecule has 0 aliphatic carbocycles. The number of benzene rings is 1. The van der Waals surface area contributed by atoms with Crippen LogP contribution in [0.2, 0.25) is 0 Å². The maximum atomic E-state index is 13.1. The molecule has 5 nitrogen and oxygen atoms in total. The molecule has 2 rings (SSSR count). The Morgan fingerprint density at radius 1 is 1.44 bits per heavy atom. The molecule has 0 bridgehead atoms. The highest BCUT2D eigenvalue weighted by Gasteiger charge is 2.16. The number of nitrogen functional groups attached to an aromatic ring is 1. The van der Waals surface area contributed by atoms with Crippen LogP contribution in [0.1, 0.15) is 5.56 Å². The van der Waals surface area contributed by atoms with Crippen LogP contribution in [0.3, 0.4) is 0 Å². The summed E-state index contributed by atoms with van der Waals surface area (Å²) < 4.78 is 25.9. The summed E-state index contributed by atoms with van der Waals surface area (Å²) in [5.41, 5.74) is 5.25. The zero-order valence-corrected chi connectivity index (χ0v) is 9.80. The molecule has 0 atom stereocenters. The highest BCUT2D eigenvalue weighted by molar-refractivity contribution is 8.15. The minimum Gasteiger partial charge on any atom is -0.396 e. The van der Waals surface area contributed by atoms with E-state index in [4.69, 9.17) is 5.73 Å². The minimum atomic E-state index is -1.12. The molecule has 0 aromatic heterocycles. The highest BCUT2D eigenvalue weighted by Crippen LogP contribution is 2.17. The fourth-order valence-electron chi connectivity index (χ4n) is 1.22. The molecule has 8 heteroatoms. The Balaban J connectivity index is 2.15. The number of amides is 1. The van der Waals surface area contributed by atoms with E-state index in [1.807, 2.05) is 0 Å². The standard InChI is InChI=1S/C10H8F2N4OS/c11-6-2-1-5(9(13)8(6)12)3-14-16-10-15-7(17)4-18-10/h1-3H,4,13H2,(H,15,16,17). The first-order chi connectivity index (χ1) is 8.58. The lowest BCUT2D eigenvalue weighted by Crippen LogP contribution is -2.19. The van der Waals surface area contributed by atoms with Gasteiger partial charge in [-0.05, 0) is 12.1 Å². The molecule has 1 amide bonds. The fraction of sp³-hybridized carbons (Fsp3) is 0.100. The Labute approximate surface area is 105 Å². The lowest BCUT2D eigenvalue weighted by atomic mass is 10.2. The third-order valence-corrected chi connectivity index (χ3v) is 2.96. The number of nitrogens with two attached hydrogens (primary N) is 1. The maximum Gasteiger partial charge on any atom is 0.236 e. The minimum absolute atomic E-state index is 0.152. The predicted molar refractivity (Wildman–Crippen MR) is 66.4 cm³/mol. The molecule has 1 fully saturated rings. The van der Waals surface area contributed by atoms with Gasteiger partial charge in [-0.25, -0.2) is 8.78 Å². The Morgan fingerprint density at radius 3 is 2.89 bits per heavy atom. The van der Waals surface area contributed by atoms with E-state index in [2.05, 4.69) is 15.5 Å². The van der Waals surface area contributed by atoms with Crippen molar-refractivity contribution in [2.75, 3.05) is 11.5 Å². The molecule has 0 radical (unpaired) electrons. The summed E-state index contributed by atoms with van der Waals surface area (Å²) in [5, 5.41) is 10.2. The molecular weight excluding hydrogens is 262 g/mol. The van der Waals surface area contributed by atoms with Gasteiger partial charge in [-0.3, -0.25) is 4.79 Å². The molecule has 0 saturated carbocycles. The lowest BCUT2D eigenvalue weighted by Gasteiger charge is -2.01. The Bertz CT molecular complexity index is 559. The van der Waals surface area contributed by atoms with Crippen molar-refractivity contribution in [3.8, 4) is 0 Å². The number of thioether (sulfide) groups is 1. The number of rotatable bonds is 2. The Hall–Kier alpha value is -1.96. The van der Waals surface area contributed by atoms with E-state index < -0.39 is 11.6 Å². The Kier molecular flexibility index (Phi) is 3.56. The third-order valence-electron chi connectivity index (χ3n) is 2.10. The van der Waals surface area contributed by atoms with Crippen molar-refractivity contribution in [1.82, 2.24) is 5.32 Å². The average molecular weight is 270 g/mol. The summed E-state index contributed by atoms with van der Waals surface area (Å²) in [4.78, 5) is 10.8. The number of hydrogen-bond donors (Lipinski definition) is 2. The summed E-state index contributed by atoms with van der Waals surface area (Å²) in [6.45, 7) is 0. The predicted octanol–water partition coefficient (Wildman–Crippen LogP) is 1.10. The van der Waals surface area contributed by atoms with Crippen molar-refractivity contribution in [3.63, 3.8) is 0 Å². The van der Waals surface area contributed by atoms with E-state index in [1.165, 1.54) is 24.0 Å². The first kappa shape index (κ1) is 12.5. The number of carbonyl (C=O) groups excluding carboxylic acids is 1. The van der Waals surface area contributed by atoms with Crippen LogP contribution in [0.25, 0.3) is 0 Å². The van der Waals surface area contributed by atoms with Gasteiger partial charge < -0.3 is 11.1 Å². The van der Waals surface area contributed by atoms with Gasteiger partial charge in [0.2, 0.25) is 5.91 Å². The second-order valence-corrected chi connectivity index (χ2v) is 4.31. The molecule has 1 aromatic carbocycles. The first-order valence-electron chi connectivity index (χ1n) is 4.85. The smallest absolute Gasteiger partial charge is 0.236 e. The Morgan fingerprint density at radius 2 is 2.22 bits per heavy atom. The highest BCUT2D eigenvalue weighted by atomic mass is 32.2. The van der Waals surface area contributed by atoms with Gasteiger partial charge in [0.25, 0.3) is 0 Å². The first-order valence-corrected chi connectivity index (χ1v) is 5.83. The van der Waals surface area contributed by atoms with Crippen LogP contribution in [0.15, 0.2) is 22.3 Å². The number of nitrogens with one attached hydrogen (secondary N) is 1. The summed E-state index contributed by atoms with van der Waals surface area (Å²) in [5.74, 6) is -1.99. The summed E-state index contributed by atoms with van der Waals surface area (Å²) in [6.07, 6.45) is 1.19. The monoisotopic (exact) mass is 270 g/mol. The van der Waals surface area contributed by atoms with E-state index in [1.54, 1.807) is 0 Å². The zero-order chi connectivity index (χ0) is 13.1. The van der Waals surface area contributed by atoms with Crippen molar-refractivity contribution in [2.45, 2.75) is 0 Å². The van der Waals surface area contributed by atoms with Crippen molar-refractivity contribution >= 4 is 34.7 Å². The van der Waals surface area contributed by atoms with Gasteiger partial charge in [0, 0.05) is 5.56 Å². The molecule has 1 heterocycles. The lowest BCUT2D eigenvalue weighted by molar-refractivity contribution is -0.116. The van der Waals surface area contributed by atoms with E-state index in [9.17, 15) is 13.6 Å². The van der Waals surface area contributed by atoms with Gasteiger partial charge in [0.15, 0.2) is 16.8 Å². The number of amidine groups is 1. The van der Waals surface area contributed by atoms with Crippen LogP contribution >= 0.6 is 11.8 Å². The van der Waals surface area contributed by atoms with Gasteiger partial charge in [0.1, 0.15) is 0 Å². The zero-order valence-electron chi connectivity index (χ0n) is 8.98. The van der Waals surface area contributed by atoms with Crippen LogP contribution in [-0.2, 0) is 4.79 Å². The van der Waals surface area contributed by atoms with Gasteiger partial charge in [0.05, 0.1) is 17.7 Å². The van der Waals surface area contributed by atoms with E-state index in [0.717, 1.165) is 6.07 Å².